The lowest BCUT2D eigenvalue weighted by atomic mass is 10.1. The van der Waals surface area contributed by atoms with Crippen LogP contribution in [0.4, 0.5) is 0 Å². The van der Waals surface area contributed by atoms with Crippen LogP contribution in [0, 0.1) is 0 Å². The van der Waals surface area contributed by atoms with Crippen LogP contribution in [0.3, 0.4) is 0 Å². The van der Waals surface area contributed by atoms with Gasteiger partial charge in [0.1, 0.15) is 5.75 Å². The quantitative estimate of drug-likeness (QED) is 0.338. The molecule has 0 bridgehead atoms. The first kappa shape index (κ1) is 24.5. The predicted octanol–water partition coefficient (Wildman–Crippen LogP) is 2.62. The van der Waals surface area contributed by atoms with Crippen LogP contribution in [-0.4, -0.2) is 68.5 Å². The molecule has 26 heavy (non-hydrogen) atoms. The van der Waals surface area contributed by atoms with Crippen LogP contribution >= 0.6 is 24.0 Å². The molecule has 1 aromatic carbocycles. The number of methoxy groups -OCH3 is 1. The van der Waals surface area contributed by atoms with Gasteiger partial charge in [-0.25, -0.2) is 0 Å². The molecule has 0 saturated heterocycles. The van der Waals surface area contributed by atoms with Crippen LogP contribution in [-0.2, 0) is 11.2 Å². The number of carbonyl (C=O) groups excluding carboxylic acids is 1. The molecule has 0 fully saturated rings. The molecule has 0 aliphatic carbocycles. The Hall–Kier alpha value is -1.51. The number of guanidine groups is 1. The summed E-state index contributed by atoms with van der Waals surface area (Å²) in [5, 5.41) is 3.25. The van der Waals surface area contributed by atoms with Gasteiger partial charge < -0.3 is 19.9 Å². The fourth-order valence-corrected chi connectivity index (χ4v) is 2.51. The summed E-state index contributed by atoms with van der Waals surface area (Å²) in [6.07, 6.45) is 0.844. The molecule has 1 amide bonds. The van der Waals surface area contributed by atoms with Gasteiger partial charge in [-0.1, -0.05) is 12.1 Å². The number of rotatable bonds is 9. The molecule has 148 valence electrons. The lowest BCUT2D eigenvalue weighted by Crippen LogP contribution is -2.45. The normalized spacial score (nSPS) is 10.7. The van der Waals surface area contributed by atoms with E-state index in [1.165, 1.54) is 5.56 Å². The van der Waals surface area contributed by atoms with Gasteiger partial charge in [0.05, 0.1) is 13.7 Å². The summed E-state index contributed by atoms with van der Waals surface area (Å²) in [4.78, 5) is 20.6. The number of halogens is 1. The lowest BCUT2D eigenvalue weighted by Gasteiger charge is -2.25. The van der Waals surface area contributed by atoms with Gasteiger partial charge in [0.25, 0.3) is 0 Å². The minimum absolute atomic E-state index is 0. The predicted molar refractivity (Wildman–Crippen MR) is 119 cm³/mol. The SMILES string of the molecule is CCNC(=NCCc1ccc(OC)cc1)N(C)CC(=O)N(CC)CC.I. The Morgan fingerprint density at radius 3 is 2.27 bits per heavy atom. The molecule has 1 rings (SSSR count). The Kier molecular flexibility index (Phi) is 12.9. The zero-order valence-electron chi connectivity index (χ0n) is 16.6. The number of aliphatic imine (C=N–C) groups is 1. The highest BCUT2D eigenvalue weighted by Gasteiger charge is 2.14. The van der Waals surface area contributed by atoms with Crippen molar-refractivity contribution in [3.8, 4) is 5.75 Å². The maximum atomic E-state index is 12.3. The number of amides is 1. The number of hydrogen-bond donors (Lipinski definition) is 1. The van der Waals surface area contributed by atoms with Crippen LogP contribution in [0.2, 0.25) is 0 Å². The maximum absolute atomic E-state index is 12.3. The summed E-state index contributed by atoms with van der Waals surface area (Å²) in [5.41, 5.74) is 1.21. The van der Waals surface area contributed by atoms with Crippen molar-refractivity contribution in [1.82, 2.24) is 15.1 Å². The van der Waals surface area contributed by atoms with Gasteiger partial charge in [0.2, 0.25) is 5.91 Å². The van der Waals surface area contributed by atoms with Gasteiger partial charge in [-0.3, -0.25) is 9.79 Å². The first-order chi connectivity index (χ1) is 12.0. The van der Waals surface area contributed by atoms with E-state index in [-0.39, 0.29) is 29.9 Å². The van der Waals surface area contributed by atoms with E-state index in [0.29, 0.717) is 13.1 Å². The second-order valence-electron chi connectivity index (χ2n) is 5.76. The highest BCUT2D eigenvalue weighted by atomic mass is 127. The molecule has 0 radical (unpaired) electrons. The molecule has 0 saturated carbocycles. The molecule has 7 heteroatoms. The van der Waals surface area contributed by atoms with Crippen molar-refractivity contribution in [2.75, 3.05) is 46.9 Å². The van der Waals surface area contributed by atoms with E-state index >= 15 is 0 Å². The van der Waals surface area contributed by atoms with Crippen molar-refractivity contribution in [2.24, 2.45) is 4.99 Å². The molecular weight excluding hydrogens is 443 g/mol. The third-order valence-electron chi connectivity index (χ3n) is 4.01. The Balaban J connectivity index is 0.00000625. The Labute approximate surface area is 175 Å². The minimum Gasteiger partial charge on any atom is -0.497 e. The maximum Gasteiger partial charge on any atom is 0.242 e. The molecule has 1 N–H and O–H groups in total. The van der Waals surface area contributed by atoms with Crippen molar-refractivity contribution in [2.45, 2.75) is 27.2 Å². The van der Waals surface area contributed by atoms with Gasteiger partial charge in [-0.15, -0.1) is 24.0 Å². The second-order valence-corrected chi connectivity index (χ2v) is 5.76. The van der Waals surface area contributed by atoms with E-state index in [9.17, 15) is 4.79 Å². The highest BCUT2D eigenvalue weighted by Crippen LogP contribution is 2.11. The average Bonchev–Trinajstić information content (AvgIpc) is 2.62. The number of nitrogens with zero attached hydrogens (tertiary/aromatic N) is 3. The fraction of sp³-hybridized carbons (Fsp3) is 0.579. The topological polar surface area (TPSA) is 57.2 Å². The van der Waals surface area contributed by atoms with Crippen LogP contribution in [0.1, 0.15) is 26.3 Å². The van der Waals surface area contributed by atoms with Crippen molar-refractivity contribution < 1.29 is 9.53 Å². The fourth-order valence-electron chi connectivity index (χ4n) is 2.51. The van der Waals surface area contributed by atoms with E-state index in [1.807, 2.05) is 49.8 Å². The van der Waals surface area contributed by atoms with Crippen LogP contribution in [0.15, 0.2) is 29.3 Å². The van der Waals surface area contributed by atoms with Crippen LogP contribution in [0.25, 0.3) is 0 Å². The average molecular weight is 476 g/mol. The summed E-state index contributed by atoms with van der Waals surface area (Å²) in [6, 6.07) is 8.02. The molecule has 0 aliphatic rings. The summed E-state index contributed by atoms with van der Waals surface area (Å²) in [7, 11) is 3.56. The van der Waals surface area contributed by atoms with Gasteiger partial charge in [-0.2, -0.15) is 0 Å². The first-order valence-corrected chi connectivity index (χ1v) is 8.95. The summed E-state index contributed by atoms with van der Waals surface area (Å²) in [5.74, 6) is 1.74. The summed E-state index contributed by atoms with van der Waals surface area (Å²) >= 11 is 0. The zero-order valence-corrected chi connectivity index (χ0v) is 18.9. The highest BCUT2D eigenvalue weighted by molar-refractivity contribution is 14.0. The smallest absolute Gasteiger partial charge is 0.242 e. The Morgan fingerprint density at radius 1 is 1.15 bits per heavy atom. The number of nitrogens with one attached hydrogen (secondary N) is 1. The Bertz CT molecular complexity index is 545. The van der Waals surface area contributed by atoms with Crippen LogP contribution in [0.5, 0.6) is 5.75 Å². The van der Waals surface area contributed by atoms with E-state index in [4.69, 9.17) is 4.74 Å². The van der Waals surface area contributed by atoms with E-state index < -0.39 is 0 Å². The van der Waals surface area contributed by atoms with Crippen molar-refractivity contribution in [1.29, 1.82) is 0 Å². The number of ether oxygens (including phenoxy) is 1. The summed E-state index contributed by atoms with van der Waals surface area (Å²) < 4.78 is 5.17. The summed E-state index contributed by atoms with van der Waals surface area (Å²) in [6.45, 7) is 9.24. The van der Waals surface area contributed by atoms with Crippen molar-refractivity contribution >= 4 is 35.8 Å². The number of benzene rings is 1. The molecule has 0 atom stereocenters. The minimum atomic E-state index is 0. The van der Waals surface area contributed by atoms with Gasteiger partial charge in [-0.05, 0) is 44.9 Å². The van der Waals surface area contributed by atoms with Gasteiger partial charge in [0.15, 0.2) is 5.96 Å². The number of carbonyl (C=O) groups is 1. The molecule has 0 heterocycles. The van der Waals surface area contributed by atoms with E-state index in [2.05, 4.69) is 22.4 Å². The van der Waals surface area contributed by atoms with Crippen LogP contribution < -0.4 is 10.1 Å². The largest absolute Gasteiger partial charge is 0.497 e. The van der Waals surface area contributed by atoms with Gasteiger partial charge >= 0.3 is 0 Å². The van der Waals surface area contributed by atoms with E-state index in [1.54, 1.807) is 7.11 Å². The molecule has 0 spiro atoms. The van der Waals surface area contributed by atoms with E-state index in [0.717, 1.165) is 37.8 Å². The zero-order chi connectivity index (χ0) is 18.7. The number of hydrogen-bond acceptors (Lipinski definition) is 3. The number of likely N-dealkylation sites (N-methyl/N-ethyl adjacent to an activating group) is 2. The first-order valence-electron chi connectivity index (χ1n) is 8.95. The molecule has 0 aromatic heterocycles. The molecule has 6 nitrogen and oxygen atoms in total. The molecular formula is C19H33IN4O2. The van der Waals surface area contributed by atoms with Crippen molar-refractivity contribution in [3.63, 3.8) is 0 Å². The molecule has 0 aliphatic heterocycles. The third kappa shape index (κ3) is 8.25. The second kappa shape index (κ2) is 13.7. The molecule has 1 aromatic rings. The van der Waals surface area contributed by atoms with Crippen molar-refractivity contribution in [3.05, 3.63) is 29.8 Å². The monoisotopic (exact) mass is 476 g/mol. The molecule has 0 unspecified atom stereocenters. The van der Waals surface area contributed by atoms with Gasteiger partial charge in [0, 0.05) is 33.2 Å². The third-order valence-corrected chi connectivity index (χ3v) is 4.01. The lowest BCUT2D eigenvalue weighted by molar-refractivity contribution is -0.131. The Morgan fingerprint density at radius 2 is 1.77 bits per heavy atom. The standard InChI is InChI=1S/C19H32N4O2.HI/c1-6-20-19(22(4)15-18(24)23(7-2)8-3)21-14-13-16-9-11-17(25-5)12-10-16;/h9-12H,6-8,13-15H2,1-5H3,(H,20,21);1H.